The standard InChI is InChI=1S/C15H20N2O3/c1-16(2)14(18)7-8-17-10-11(9-15(19)20)12-5-3-4-6-13(12)17/h3-6,11H,7-10H2,1-2H3,(H,19,20). The highest BCUT2D eigenvalue weighted by Gasteiger charge is 2.29. The Balaban J connectivity index is 2.09. The molecule has 1 aliphatic heterocycles. The van der Waals surface area contributed by atoms with Gasteiger partial charge in [-0.25, -0.2) is 0 Å². The Labute approximate surface area is 118 Å². The van der Waals surface area contributed by atoms with Crippen molar-refractivity contribution in [1.82, 2.24) is 4.90 Å². The van der Waals surface area contributed by atoms with Crippen molar-refractivity contribution in [3.05, 3.63) is 29.8 Å². The average Bonchev–Trinajstić information content (AvgIpc) is 2.74. The van der Waals surface area contributed by atoms with Crippen LogP contribution in [0.25, 0.3) is 0 Å². The molecule has 1 aromatic rings. The van der Waals surface area contributed by atoms with Crippen LogP contribution in [-0.2, 0) is 9.59 Å². The molecular formula is C15H20N2O3. The lowest BCUT2D eigenvalue weighted by molar-refractivity contribution is -0.137. The van der Waals surface area contributed by atoms with Crippen molar-refractivity contribution >= 4 is 17.6 Å². The lowest BCUT2D eigenvalue weighted by atomic mass is 9.98. The van der Waals surface area contributed by atoms with E-state index in [0.717, 1.165) is 11.3 Å². The van der Waals surface area contributed by atoms with Crippen molar-refractivity contribution in [1.29, 1.82) is 0 Å². The van der Waals surface area contributed by atoms with E-state index in [2.05, 4.69) is 4.90 Å². The second-order valence-electron chi connectivity index (χ2n) is 5.34. The number of nitrogens with zero attached hydrogens (tertiary/aromatic N) is 2. The number of para-hydroxylation sites is 1. The zero-order chi connectivity index (χ0) is 14.7. The minimum Gasteiger partial charge on any atom is -0.481 e. The third-order valence-electron chi connectivity index (χ3n) is 3.67. The number of fused-ring (bicyclic) bond motifs is 1. The maximum atomic E-state index is 11.7. The van der Waals surface area contributed by atoms with Crippen LogP contribution in [0.2, 0.25) is 0 Å². The van der Waals surface area contributed by atoms with Gasteiger partial charge in [0.25, 0.3) is 0 Å². The Kier molecular flexibility index (Phi) is 4.27. The van der Waals surface area contributed by atoms with Crippen LogP contribution < -0.4 is 4.90 Å². The number of amides is 1. The van der Waals surface area contributed by atoms with Crippen molar-refractivity contribution < 1.29 is 14.7 Å². The molecule has 1 atom stereocenters. The summed E-state index contributed by atoms with van der Waals surface area (Å²) in [5.41, 5.74) is 2.14. The molecule has 20 heavy (non-hydrogen) atoms. The Morgan fingerprint density at radius 3 is 2.70 bits per heavy atom. The molecule has 1 aliphatic rings. The topological polar surface area (TPSA) is 60.9 Å². The fourth-order valence-electron chi connectivity index (χ4n) is 2.63. The van der Waals surface area contributed by atoms with Crippen LogP contribution in [0, 0.1) is 0 Å². The molecule has 0 fully saturated rings. The van der Waals surface area contributed by atoms with Gasteiger partial charge in [-0.15, -0.1) is 0 Å². The molecule has 0 bridgehead atoms. The summed E-state index contributed by atoms with van der Waals surface area (Å²) in [4.78, 5) is 26.3. The third-order valence-corrected chi connectivity index (χ3v) is 3.67. The molecule has 0 aromatic heterocycles. The summed E-state index contributed by atoms with van der Waals surface area (Å²) in [5, 5.41) is 9.00. The maximum absolute atomic E-state index is 11.7. The molecule has 5 nitrogen and oxygen atoms in total. The van der Waals surface area contributed by atoms with Crippen molar-refractivity contribution in [3.8, 4) is 0 Å². The molecule has 108 valence electrons. The summed E-state index contributed by atoms with van der Waals surface area (Å²) in [7, 11) is 3.49. The molecule has 1 N–H and O–H groups in total. The van der Waals surface area contributed by atoms with Gasteiger partial charge in [-0.05, 0) is 11.6 Å². The molecule has 1 aromatic carbocycles. The summed E-state index contributed by atoms with van der Waals surface area (Å²) < 4.78 is 0. The molecule has 0 aliphatic carbocycles. The summed E-state index contributed by atoms with van der Waals surface area (Å²) in [6.07, 6.45) is 0.580. The van der Waals surface area contributed by atoms with E-state index in [0.29, 0.717) is 19.5 Å². The van der Waals surface area contributed by atoms with E-state index in [-0.39, 0.29) is 18.2 Å². The smallest absolute Gasteiger partial charge is 0.304 e. The largest absolute Gasteiger partial charge is 0.481 e. The van der Waals surface area contributed by atoms with Crippen LogP contribution in [0.5, 0.6) is 0 Å². The molecular weight excluding hydrogens is 256 g/mol. The van der Waals surface area contributed by atoms with E-state index in [1.165, 1.54) is 0 Å². The number of benzene rings is 1. The van der Waals surface area contributed by atoms with Gasteiger partial charge >= 0.3 is 5.97 Å². The van der Waals surface area contributed by atoms with E-state index in [1.807, 2.05) is 24.3 Å². The second-order valence-corrected chi connectivity index (χ2v) is 5.34. The van der Waals surface area contributed by atoms with Gasteiger partial charge in [0.05, 0.1) is 6.42 Å². The highest BCUT2D eigenvalue weighted by Crippen LogP contribution is 2.37. The summed E-state index contributed by atoms with van der Waals surface area (Å²) in [5.74, 6) is -0.682. The number of carboxylic acid groups (broad SMARTS) is 1. The Morgan fingerprint density at radius 1 is 1.35 bits per heavy atom. The number of anilines is 1. The maximum Gasteiger partial charge on any atom is 0.304 e. The monoisotopic (exact) mass is 276 g/mol. The van der Waals surface area contributed by atoms with Crippen LogP contribution in [0.15, 0.2) is 24.3 Å². The Hall–Kier alpha value is -2.04. The fraction of sp³-hybridized carbons (Fsp3) is 0.467. The highest BCUT2D eigenvalue weighted by molar-refractivity contribution is 5.77. The quantitative estimate of drug-likeness (QED) is 0.886. The van der Waals surface area contributed by atoms with E-state index >= 15 is 0 Å². The molecule has 1 heterocycles. The zero-order valence-electron chi connectivity index (χ0n) is 11.9. The minimum atomic E-state index is -0.781. The van der Waals surface area contributed by atoms with Crippen molar-refractivity contribution in [3.63, 3.8) is 0 Å². The number of rotatable bonds is 5. The number of hydrogen-bond acceptors (Lipinski definition) is 3. The highest BCUT2D eigenvalue weighted by atomic mass is 16.4. The summed E-state index contributed by atoms with van der Waals surface area (Å²) in [6, 6.07) is 7.86. The Bertz CT molecular complexity index is 514. The van der Waals surface area contributed by atoms with Gasteiger partial charge in [0.1, 0.15) is 0 Å². The molecule has 0 spiro atoms. The van der Waals surface area contributed by atoms with Gasteiger partial charge in [-0.1, -0.05) is 18.2 Å². The zero-order valence-corrected chi connectivity index (χ0v) is 11.9. The van der Waals surface area contributed by atoms with E-state index < -0.39 is 5.97 Å². The first-order valence-electron chi connectivity index (χ1n) is 6.75. The van der Waals surface area contributed by atoms with Gasteiger partial charge in [0, 0.05) is 45.2 Å². The van der Waals surface area contributed by atoms with Crippen LogP contribution >= 0.6 is 0 Å². The van der Waals surface area contributed by atoms with Crippen LogP contribution in [0.3, 0.4) is 0 Å². The third kappa shape index (κ3) is 3.10. The number of hydrogen-bond donors (Lipinski definition) is 1. The summed E-state index contributed by atoms with van der Waals surface area (Å²) >= 11 is 0. The SMILES string of the molecule is CN(C)C(=O)CCN1CC(CC(=O)O)c2ccccc21. The van der Waals surface area contributed by atoms with Gasteiger partial charge < -0.3 is 14.9 Å². The normalized spacial score (nSPS) is 16.9. The van der Waals surface area contributed by atoms with Gasteiger partial charge in [-0.3, -0.25) is 9.59 Å². The lowest BCUT2D eigenvalue weighted by Gasteiger charge is -2.20. The molecule has 0 saturated carbocycles. The van der Waals surface area contributed by atoms with Crippen molar-refractivity contribution in [2.24, 2.45) is 0 Å². The number of carbonyl (C=O) groups is 2. The van der Waals surface area contributed by atoms with Crippen molar-refractivity contribution in [2.75, 3.05) is 32.1 Å². The van der Waals surface area contributed by atoms with Gasteiger partial charge in [-0.2, -0.15) is 0 Å². The predicted molar refractivity (Wildman–Crippen MR) is 77.0 cm³/mol. The van der Waals surface area contributed by atoms with Gasteiger partial charge in [0.15, 0.2) is 0 Å². The first-order valence-corrected chi connectivity index (χ1v) is 6.75. The number of carbonyl (C=O) groups excluding carboxylic acids is 1. The van der Waals surface area contributed by atoms with E-state index in [1.54, 1.807) is 19.0 Å². The van der Waals surface area contributed by atoms with E-state index in [4.69, 9.17) is 5.11 Å². The van der Waals surface area contributed by atoms with Crippen LogP contribution in [0.4, 0.5) is 5.69 Å². The van der Waals surface area contributed by atoms with E-state index in [9.17, 15) is 9.59 Å². The second kappa shape index (κ2) is 5.94. The van der Waals surface area contributed by atoms with Gasteiger partial charge in [0.2, 0.25) is 5.91 Å². The van der Waals surface area contributed by atoms with Crippen LogP contribution in [-0.4, -0.2) is 49.1 Å². The first kappa shape index (κ1) is 14.4. The average molecular weight is 276 g/mol. The molecule has 5 heteroatoms. The fourth-order valence-corrected chi connectivity index (χ4v) is 2.63. The Morgan fingerprint density at radius 2 is 2.05 bits per heavy atom. The molecule has 0 radical (unpaired) electrons. The number of carboxylic acids is 1. The predicted octanol–water partition coefficient (Wildman–Crippen LogP) is 1.54. The molecule has 0 saturated heterocycles. The lowest BCUT2D eigenvalue weighted by Crippen LogP contribution is -2.30. The molecule has 1 amide bonds. The molecule has 2 rings (SSSR count). The minimum absolute atomic E-state index is 0.0122. The number of aliphatic carboxylic acids is 1. The molecule has 1 unspecified atom stereocenters. The summed E-state index contributed by atoms with van der Waals surface area (Å²) in [6.45, 7) is 1.30. The first-order chi connectivity index (χ1) is 9.49. The van der Waals surface area contributed by atoms with Crippen molar-refractivity contribution in [2.45, 2.75) is 18.8 Å². The van der Waals surface area contributed by atoms with Crippen LogP contribution in [0.1, 0.15) is 24.3 Å².